The van der Waals surface area contributed by atoms with Gasteiger partial charge >= 0.3 is 5.97 Å². The van der Waals surface area contributed by atoms with Crippen LogP contribution in [0.4, 0.5) is 4.39 Å². The number of halogens is 2. The van der Waals surface area contributed by atoms with E-state index in [2.05, 4.69) is 14.7 Å². The molecule has 0 atom stereocenters. The van der Waals surface area contributed by atoms with Gasteiger partial charge in [-0.25, -0.2) is 27.3 Å². The molecule has 0 bridgehead atoms. The van der Waals surface area contributed by atoms with E-state index < -0.39 is 32.3 Å². The van der Waals surface area contributed by atoms with E-state index in [0.29, 0.717) is 23.5 Å². The summed E-state index contributed by atoms with van der Waals surface area (Å²) >= 11 is 5.63. The van der Waals surface area contributed by atoms with Gasteiger partial charge in [-0.05, 0) is 36.8 Å². The van der Waals surface area contributed by atoms with Crippen LogP contribution in [0.3, 0.4) is 0 Å². The van der Waals surface area contributed by atoms with Gasteiger partial charge in [0.15, 0.2) is 0 Å². The zero-order chi connectivity index (χ0) is 19.1. The van der Waals surface area contributed by atoms with Crippen LogP contribution in [-0.4, -0.2) is 29.5 Å². The number of nitrogens with zero attached hydrogens (tertiary/aromatic N) is 1. The molecule has 3 N–H and O–H groups in total. The molecule has 7 nitrogen and oxygen atoms in total. The molecule has 0 amide bonds. The van der Waals surface area contributed by atoms with Gasteiger partial charge in [0.2, 0.25) is 10.0 Å². The maximum Gasteiger partial charge on any atom is 0.337 e. The molecule has 136 valence electrons. The van der Waals surface area contributed by atoms with Gasteiger partial charge in [0, 0.05) is 0 Å². The normalized spacial score (nSPS) is 11.8. The maximum atomic E-state index is 14.0. The van der Waals surface area contributed by atoms with Gasteiger partial charge in [-0.2, -0.15) is 0 Å². The van der Waals surface area contributed by atoms with Crippen molar-refractivity contribution in [3.05, 3.63) is 58.1 Å². The molecular weight excluding hydrogens is 385 g/mol. The second-order valence-corrected chi connectivity index (χ2v) is 7.74. The molecule has 0 radical (unpaired) electrons. The van der Waals surface area contributed by atoms with Crippen LogP contribution in [0.5, 0.6) is 0 Å². The van der Waals surface area contributed by atoms with Crippen LogP contribution < -0.4 is 4.72 Å². The van der Waals surface area contributed by atoms with E-state index in [1.807, 2.05) is 19.1 Å². The van der Waals surface area contributed by atoms with Gasteiger partial charge in [-0.1, -0.05) is 17.7 Å². The Bertz CT molecular complexity index is 1130. The van der Waals surface area contributed by atoms with E-state index in [4.69, 9.17) is 16.7 Å². The first-order chi connectivity index (χ1) is 12.2. The molecule has 1 aromatic heterocycles. The van der Waals surface area contributed by atoms with Crippen LogP contribution in [0.15, 0.2) is 35.2 Å². The maximum absolute atomic E-state index is 14.0. The summed E-state index contributed by atoms with van der Waals surface area (Å²) < 4.78 is 40.9. The minimum atomic E-state index is -4.31. The molecule has 0 unspecified atom stereocenters. The number of benzene rings is 2. The predicted molar refractivity (Wildman–Crippen MR) is 93.2 cm³/mol. The number of carboxylic acid groups (broad SMARTS) is 1. The molecule has 1 heterocycles. The van der Waals surface area contributed by atoms with Crippen molar-refractivity contribution in [3.8, 4) is 0 Å². The summed E-state index contributed by atoms with van der Waals surface area (Å²) in [6.07, 6.45) is 0. The van der Waals surface area contributed by atoms with Crippen LogP contribution in [0.1, 0.15) is 21.7 Å². The Morgan fingerprint density at radius 1 is 1.35 bits per heavy atom. The molecule has 0 spiro atoms. The van der Waals surface area contributed by atoms with Crippen molar-refractivity contribution < 1.29 is 22.7 Å². The first-order valence-electron chi connectivity index (χ1n) is 7.34. The molecule has 2 aromatic carbocycles. The Labute approximate surface area is 152 Å². The second kappa shape index (κ2) is 6.67. The zero-order valence-corrected chi connectivity index (χ0v) is 14.9. The number of imidazole rings is 1. The van der Waals surface area contributed by atoms with Crippen molar-refractivity contribution in [2.75, 3.05) is 0 Å². The molecule has 10 heteroatoms. The molecule has 0 aliphatic heterocycles. The van der Waals surface area contributed by atoms with Crippen molar-refractivity contribution in [2.24, 2.45) is 0 Å². The molecule has 0 saturated carbocycles. The third-order valence-corrected chi connectivity index (χ3v) is 5.39. The number of hydrogen-bond donors (Lipinski definition) is 3. The molecule has 0 fully saturated rings. The summed E-state index contributed by atoms with van der Waals surface area (Å²) in [4.78, 5) is 17.5. The highest BCUT2D eigenvalue weighted by molar-refractivity contribution is 7.89. The lowest BCUT2D eigenvalue weighted by molar-refractivity contribution is 0.0696. The third-order valence-electron chi connectivity index (χ3n) is 3.66. The van der Waals surface area contributed by atoms with Crippen molar-refractivity contribution in [1.82, 2.24) is 14.7 Å². The number of sulfonamides is 1. The minimum Gasteiger partial charge on any atom is -0.478 e. The third kappa shape index (κ3) is 3.55. The highest BCUT2D eigenvalue weighted by Crippen LogP contribution is 2.24. The first kappa shape index (κ1) is 18.3. The van der Waals surface area contributed by atoms with Crippen LogP contribution in [0.2, 0.25) is 5.02 Å². The molecule has 3 rings (SSSR count). The molecule has 0 aliphatic rings. The van der Waals surface area contributed by atoms with Crippen LogP contribution in [0, 0.1) is 12.7 Å². The average molecular weight is 398 g/mol. The highest BCUT2D eigenvalue weighted by atomic mass is 35.5. The number of H-pyrrole nitrogens is 1. The first-order valence-corrected chi connectivity index (χ1v) is 9.21. The second-order valence-electron chi connectivity index (χ2n) is 5.60. The van der Waals surface area contributed by atoms with E-state index in [1.54, 1.807) is 6.07 Å². The molecule has 0 saturated heterocycles. The van der Waals surface area contributed by atoms with Crippen molar-refractivity contribution >= 4 is 38.6 Å². The van der Waals surface area contributed by atoms with E-state index >= 15 is 0 Å². The predicted octanol–water partition coefficient (Wildman–Crippen LogP) is 2.84. The van der Waals surface area contributed by atoms with Crippen LogP contribution in [0.25, 0.3) is 11.0 Å². The van der Waals surface area contributed by atoms with Gasteiger partial charge in [0.25, 0.3) is 0 Å². The van der Waals surface area contributed by atoms with Crippen molar-refractivity contribution in [1.29, 1.82) is 0 Å². The average Bonchev–Trinajstić information content (AvgIpc) is 2.94. The minimum absolute atomic E-state index is 0.222. The summed E-state index contributed by atoms with van der Waals surface area (Å²) in [5.41, 5.74) is 1.91. The number of nitrogens with one attached hydrogen (secondary N) is 2. The molecule has 3 aromatic rings. The number of aromatic amines is 1. The number of carbonyl (C=O) groups is 1. The van der Waals surface area contributed by atoms with Gasteiger partial charge in [-0.3, -0.25) is 0 Å². The highest BCUT2D eigenvalue weighted by Gasteiger charge is 2.23. The fourth-order valence-electron chi connectivity index (χ4n) is 2.40. The van der Waals surface area contributed by atoms with Gasteiger partial charge in [-0.15, -0.1) is 0 Å². The Kier molecular flexibility index (Phi) is 4.70. The summed E-state index contributed by atoms with van der Waals surface area (Å²) in [5.74, 6) is -2.27. The van der Waals surface area contributed by atoms with Crippen molar-refractivity contribution in [3.63, 3.8) is 0 Å². The quantitative estimate of drug-likeness (QED) is 0.612. The lowest BCUT2D eigenvalue weighted by Gasteiger charge is -2.08. The molecule has 0 aliphatic carbocycles. The van der Waals surface area contributed by atoms with Crippen molar-refractivity contribution in [2.45, 2.75) is 18.4 Å². The Hall–Kier alpha value is -2.49. The fraction of sp³-hybridized carbons (Fsp3) is 0.125. The van der Waals surface area contributed by atoms with E-state index in [-0.39, 0.29) is 11.6 Å². The van der Waals surface area contributed by atoms with E-state index in [9.17, 15) is 17.6 Å². The smallest absolute Gasteiger partial charge is 0.337 e. The van der Waals surface area contributed by atoms with Gasteiger partial charge in [0.05, 0.1) is 28.2 Å². The molecular formula is C16H13ClFN3O4S. The van der Waals surface area contributed by atoms with Gasteiger partial charge in [0.1, 0.15) is 16.5 Å². The number of rotatable bonds is 5. The summed E-state index contributed by atoms with van der Waals surface area (Å²) in [6.45, 7) is 1.69. The zero-order valence-electron chi connectivity index (χ0n) is 13.4. The van der Waals surface area contributed by atoms with E-state index in [0.717, 1.165) is 11.1 Å². The number of carboxylic acids is 1. The Morgan fingerprint density at radius 2 is 2.08 bits per heavy atom. The fourth-order valence-corrected chi connectivity index (χ4v) is 3.70. The summed E-state index contributed by atoms with van der Waals surface area (Å²) in [6, 6.07) is 6.86. The topological polar surface area (TPSA) is 112 Å². The number of aromatic nitrogens is 2. The lowest BCUT2D eigenvalue weighted by Crippen LogP contribution is -2.25. The number of hydrogen-bond acceptors (Lipinski definition) is 4. The largest absolute Gasteiger partial charge is 0.478 e. The summed E-state index contributed by atoms with van der Waals surface area (Å²) in [5, 5.41) is 8.63. The van der Waals surface area contributed by atoms with Gasteiger partial charge < -0.3 is 10.1 Å². The lowest BCUT2D eigenvalue weighted by atomic mass is 10.2. The standard InChI is InChI=1S/C16H13ClFN3O4S/c1-8-2-3-12-13(4-8)21-15(20-12)7-19-26(24,25)14-5-9(16(22)23)10(17)6-11(14)18/h2-6,19H,7H2,1H3,(H,20,21)(H,22,23). The summed E-state index contributed by atoms with van der Waals surface area (Å²) in [7, 11) is -4.31. The van der Waals surface area contributed by atoms with Crippen LogP contribution >= 0.6 is 11.6 Å². The number of aryl methyl sites for hydroxylation is 1. The number of fused-ring (bicyclic) bond motifs is 1. The van der Waals surface area contributed by atoms with E-state index in [1.165, 1.54) is 0 Å². The Morgan fingerprint density at radius 3 is 2.77 bits per heavy atom. The SMILES string of the molecule is Cc1ccc2nc(CNS(=O)(=O)c3cc(C(=O)O)c(Cl)cc3F)[nH]c2c1. The molecule has 26 heavy (non-hydrogen) atoms. The monoisotopic (exact) mass is 397 g/mol. The number of aromatic carboxylic acids is 1. The Balaban J connectivity index is 1.88. The van der Waals surface area contributed by atoms with Crippen LogP contribution in [-0.2, 0) is 16.6 Å².